The van der Waals surface area contributed by atoms with Crippen LogP contribution in [0.4, 0.5) is 4.79 Å². The van der Waals surface area contributed by atoms with E-state index in [1.165, 1.54) is 0 Å². The second-order valence-corrected chi connectivity index (χ2v) is 7.83. The number of likely N-dealkylation sites (tertiary alicyclic amines) is 1. The van der Waals surface area contributed by atoms with Crippen LogP contribution in [0.25, 0.3) is 10.2 Å². The van der Waals surface area contributed by atoms with Crippen molar-refractivity contribution in [3.63, 3.8) is 0 Å². The molecular weight excluding hydrogens is 312 g/mol. The van der Waals surface area contributed by atoms with Crippen molar-refractivity contribution >= 4 is 27.6 Å². The first-order valence-electron chi connectivity index (χ1n) is 7.87. The molecule has 5 nitrogen and oxygen atoms in total. The molecule has 6 heteroatoms. The molecule has 3 rings (SSSR count). The highest BCUT2D eigenvalue weighted by Crippen LogP contribution is 2.28. The number of rotatable bonds is 3. The van der Waals surface area contributed by atoms with Crippen LogP contribution in [0.15, 0.2) is 24.3 Å². The Hall–Kier alpha value is -1.82. The van der Waals surface area contributed by atoms with Crippen LogP contribution in [0.5, 0.6) is 5.19 Å². The molecule has 1 aliphatic heterocycles. The summed E-state index contributed by atoms with van der Waals surface area (Å²) in [6, 6.07) is 8.00. The molecule has 0 N–H and O–H groups in total. The molecule has 1 amide bonds. The fraction of sp³-hybridized carbons (Fsp3) is 0.529. The van der Waals surface area contributed by atoms with Crippen molar-refractivity contribution in [2.24, 2.45) is 5.92 Å². The Morgan fingerprint density at radius 3 is 2.91 bits per heavy atom. The topological polar surface area (TPSA) is 51.7 Å². The standard InChI is InChI=1S/C17H22N2O3S/c1-17(2,3)22-16(20)19-9-8-12(10-19)11-21-15-18-13-6-4-5-7-14(13)23-15/h4-7,12H,8-11H2,1-3H3. The average molecular weight is 334 g/mol. The van der Waals surface area contributed by atoms with Crippen LogP contribution in [-0.2, 0) is 4.74 Å². The maximum Gasteiger partial charge on any atom is 0.410 e. The van der Waals surface area contributed by atoms with Gasteiger partial charge in [-0.25, -0.2) is 9.78 Å². The van der Waals surface area contributed by atoms with Crippen LogP contribution in [0.2, 0.25) is 0 Å². The van der Waals surface area contributed by atoms with Crippen LogP contribution < -0.4 is 4.74 Å². The van der Waals surface area contributed by atoms with Gasteiger partial charge in [0.2, 0.25) is 0 Å². The predicted octanol–water partition coefficient (Wildman–Crippen LogP) is 3.93. The largest absolute Gasteiger partial charge is 0.470 e. The van der Waals surface area contributed by atoms with Crippen molar-refractivity contribution in [1.29, 1.82) is 0 Å². The number of carbonyl (C=O) groups excluding carboxylic acids is 1. The van der Waals surface area contributed by atoms with Crippen molar-refractivity contribution in [3.05, 3.63) is 24.3 Å². The first-order valence-corrected chi connectivity index (χ1v) is 8.69. The molecule has 2 heterocycles. The molecule has 1 atom stereocenters. The molecule has 0 radical (unpaired) electrons. The van der Waals surface area contributed by atoms with E-state index in [1.54, 1.807) is 16.2 Å². The molecule has 1 aromatic heterocycles. The smallest absolute Gasteiger partial charge is 0.410 e. The van der Waals surface area contributed by atoms with Gasteiger partial charge in [-0.15, -0.1) is 0 Å². The number of amides is 1. The second kappa shape index (κ2) is 6.35. The summed E-state index contributed by atoms with van der Waals surface area (Å²) in [7, 11) is 0. The summed E-state index contributed by atoms with van der Waals surface area (Å²) in [5.74, 6) is 0.328. The number of aromatic nitrogens is 1. The van der Waals surface area contributed by atoms with Gasteiger partial charge in [0.1, 0.15) is 5.60 Å². The average Bonchev–Trinajstić information content (AvgIpc) is 3.09. The van der Waals surface area contributed by atoms with Gasteiger partial charge >= 0.3 is 6.09 Å². The van der Waals surface area contributed by atoms with Crippen molar-refractivity contribution in [3.8, 4) is 5.19 Å². The van der Waals surface area contributed by atoms with Crippen LogP contribution in [-0.4, -0.2) is 41.3 Å². The summed E-state index contributed by atoms with van der Waals surface area (Å²) in [6.07, 6.45) is 0.699. The van der Waals surface area contributed by atoms with Gasteiger partial charge in [-0.05, 0) is 39.3 Å². The molecule has 1 aliphatic rings. The van der Waals surface area contributed by atoms with E-state index >= 15 is 0 Å². The van der Waals surface area contributed by atoms with E-state index in [4.69, 9.17) is 9.47 Å². The maximum atomic E-state index is 12.1. The molecule has 1 fully saturated rings. The Kier molecular flexibility index (Phi) is 4.43. The molecule has 0 saturated carbocycles. The summed E-state index contributed by atoms with van der Waals surface area (Å²) in [5, 5.41) is 0.696. The lowest BCUT2D eigenvalue weighted by molar-refractivity contribution is 0.0285. The highest BCUT2D eigenvalue weighted by molar-refractivity contribution is 7.20. The van der Waals surface area contributed by atoms with Gasteiger partial charge in [-0.2, -0.15) is 0 Å². The third kappa shape index (κ3) is 4.13. The fourth-order valence-corrected chi connectivity index (χ4v) is 3.39. The van der Waals surface area contributed by atoms with Crippen LogP contribution >= 0.6 is 11.3 Å². The van der Waals surface area contributed by atoms with Gasteiger partial charge in [0.25, 0.3) is 5.19 Å². The zero-order valence-electron chi connectivity index (χ0n) is 13.7. The zero-order valence-corrected chi connectivity index (χ0v) is 14.6. The number of fused-ring (bicyclic) bond motifs is 1. The summed E-state index contributed by atoms with van der Waals surface area (Å²) in [6.45, 7) is 7.64. The van der Waals surface area contributed by atoms with Gasteiger partial charge < -0.3 is 14.4 Å². The van der Waals surface area contributed by atoms with E-state index in [0.717, 1.165) is 23.2 Å². The van der Waals surface area contributed by atoms with Crippen molar-refractivity contribution in [2.75, 3.05) is 19.7 Å². The van der Waals surface area contributed by atoms with Crippen LogP contribution in [0.3, 0.4) is 0 Å². The SMILES string of the molecule is CC(C)(C)OC(=O)N1CCC(COc2nc3ccccc3s2)C1. The van der Waals surface area contributed by atoms with E-state index in [9.17, 15) is 4.79 Å². The molecule has 0 aliphatic carbocycles. The highest BCUT2D eigenvalue weighted by atomic mass is 32.1. The third-order valence-electron chi connectivity index (χ3n) is 3.65. The highest BCUT2D eigenvalue weighted by Gasteiger charge is 2.30. The van der Waals surface area contributed by atoms with Gasteiger partial charge in [0.05, 0.1) is 16.8 Å². The number of hydrogen-bond acceptors (Lipinski definition) is 5. The van der Waals surface area contributed by atoms with Gasteiger partial charge in [0.15, 0.2) is 0 Å². The van der Waals surface area contributed by atoms with E-state index in [1.807, 2.05) is 45.0 Å². The lowest BCUT2D eigenvalue weighted by Gasteiger charge is -2.24. The Morgan fingerprint density at radius 2 is 2.17 bits per heavy atom. The van der Waals surface area contributed by atoms with Gasteiger partial charge in [-0.3, -0.25) is 0 Å². The Morgan fingerprint density at radius 1 is 1.39 bits per heavy atom. The molecule has 23 heavy (non-hydrogen) atoms. The molecule has 0 spiro atoms. The van der Waals surface area contributed by atoms with Crippen molar-refractivity contribution < 1.29 is 14.3 Å². The van der Waals surface area contributed by atoms with Crippen molar-refractivity contribution in [2.45, 2.75) is 32.8 Å². The number of benzene rings is 1. The van der Waals surface area contributed by atoms with E-state index in [2.05, 4.69) is 4.98 Å². The number of nitrogens with zero attached hydrogens (tertiary/aromatic N) is 2. The van der Waals surface area contributed by atoms with Crippen LogP contribution in [0.1, 0.15) is 27.2 Å². The molecule has 0 bridgehead atoms. The van der Waals surface area contributed by atoms with E-state index in [-0.39, 0.29) is 6.09 Å². The minimum absolute atomic E-state index is 0.236. The van der Waals surface area contributed by atoms with Crippen molar-refractivity contribution in [1.82, 2.24) is 9.88 Å². The summed E-state index contributed by atoms with van der Waals surface area (Å²) >= 11 is 1.56. The number of ether oxygens (including phenoxy) is 2. The lowest BCUT2D eigenvalue weighted by atomic mass is 10.1. The third-order valence-corrected chi connectivity index (χ3v) is 4.60. The molecule has 1 aromatic carbocycles. The predicted molar refractivity (Wildman–Crippen MR) is 91.0 cm³/mol. The Balaban J connectivity index is 1.51. The minimum Gasteiger partial charge on any atom is -0.470 e. The molecule has 1 saturated heterocycles. The minimum atomic E-state index is -0.452. The number of carbonyl (C=O) groups is 1. The second-order valence-electron chi connectivity index (χ2n) is 6.84. The molecule has 1 unspecified atom stereocenters. The Bertz CT molecular complexity index is 659. The summed E-state index contributed by atoms with van der Waals surface area (Å²) in [5.41, 5.74) is 0.515. The van der Waals surface area contributed by atoms with E-state index < -0.39 is 5.60 Å². The number of hydrogen-bond donors (Lipinski definition) is 0. The summed E-state index contributed by atoms with van der Waals surface area (Å²) < 4.78 is 12.4. The van der Waals surface area contributed by atoms with Gasteiger partial charge in [-0.1, -0.05) is 23.5 Å². The Labute approximate surface area is 140 Å². The fourth-order valence-electron chi connectivity index (χ4n) is 2.56. The van der Waals surface area contributed by atoms with E-state index in [0.29, 0.717) is 24.3 Å². The molecule has 2 aromatic rings. The zero-order chi connectivity index (χ0) is 16.4. The number of thiazole rings is 1. The quantitative estimate of drug-likeness (QED) is 0.853. The lowest BCUT2D eigenvalue weighted by Crippen LogP contribution is -2.35. The monoisotopic (exact) mass is 334 g/mol. The summed E-state index contributed by atoms with van der Waals surface area (Å²) in [4.78, 5) is 18.3. The molecule has 124 valence electrons. The first kappa shape index (κ1) is 16.1. The first-order chi connectivity index (χ1) is 10.9. The molecular formula is C17H22N2O3S. The van der Waals surface area contributed by atoms with Crippen LogP contribution in [0, 0.1) is 5.92 Å². The maximum absolute atomic E-state index is 12.1. The normalized spacial score (nSPS) is 18.4. The number of para-hydroxylation sites is 1. The van der Waals surface area contributed by atoms with Gasteiger partial charge in [0, 0.05) is 19.0 Å².